The number of hydrogen-bond acceptors (Lipinski definition) is 5. The number of allylic oxidation sites excluding steroid dienone is 1. The van der Waals surface area contributed by atoms with Crippen LogP contribution in [0, 0.1) is 12.3 Å². The lowest BCUT2D eigenvalue weighted by atomic mass is 9.88. The lowest BCUT2D eigenvalue weighted by molar-refractivity contribution is 0.0712. The van der Waals surface area contributed by atoms with Crippen LogP contribution in [0.4, 0.5) is 5.69 Å². The van der Waals surface area contributed by atoms with Gasteiger partial charge in [0.2, 0.25) is 0 Å². The van der Waals surface area contributed by atoms with Gasteiger partial charge in [0.05, 0.1) is 7.11 Å². The van der Waals surface area contributed by atoms with Crippen molar-refractivity contribution in [1.29, 1.82) is 5.41 Å². The first-order chi connectivity index (χ1) is 18.4. The number of hydrogen-bond donors (Lipinski definition) is 3. The summed E-state index contributed by atoms with van der Waals surface area (Å²) in [5.41, 5.74) is 5.65. The zero-order chi connectivity index (χ0) is 27.1. The molecule has 4 rings (SSSR count). The van der Waals surface area contributed by atoms with Crippen molar-refractivity contribution in [2.75, 3.05) is 32.6 Å². The highest BCUT2D eigenvalue weighted by Crippen LogP contribution is 2.30. The van der Waals surface area contributed by atoms with Crippen LogP contribution in [-0.2, 0) is 0 Å². The molecule has 38 heavy (non-hydrogen) atoms. The number of methoxy groups -OCH3 is 1. The fourth-order valence-corrected chi connectivity index (χ4v) is 4.76. The number of rotatable bonds is 8. The molecule has 0 aliphatic carbocycles. The van der Waals surface area contributed by atoms with Crippen molar-refractivity contribution in [2.45, 2.75) is 25.7 Å². The van der Waals surface area contributed by atoms with Crippen LogP contribution in [-0.4, -0.2) is 50.2 Å². The molecule has 1 aliphatic rings. The topological polar surface area (TPSA) is 94.5 Å². The monoisotopic (exact) mass is 510 g/mol. The van der Waals surface area contributed by atoms with Gasteiger partial charge in [0.1, 0.15) is 5.75 Å². The molecule has 0 saturated carbocycles. The summed E-state index contributed by atoms with van der Waals surface area (Å²) in [6.07, 6.45) is 4.93. The Balaban J connectivity index is 1.40. The number of carbonyl (C=O) groups is 2. The minimum atomic E-state index is -0.252. The van der Waals surface area contributed by atoms with Gasteiger partial charge in [0.15, 0.2) is 0 Å². The van der Waals surface area contributed by atoms with Crippen molar-refractivity contribution in [3.63, 3.8) is 0 Å². The highest BCUT2D eigenvalue weighted by atomic mass is 16.5. The van der Waals surface area contributed by atoms with Crippen molar-refractivity contribution < 1.29 is 14.3 Å². The lowest BCUT2D eigenvalue weighted by Gasteiger charge is -2.32. The Morgan fingerprint density at radius 2 is 1.68 bits per heavy atom. The van der Waals surface area contributed by atoms with Crippen LogP contribution in [0.3, 0.4) is 0 Å². The number of anilines is 1. The van der Waals surface area contributed by atoms with E-state index in [1.165, 1.54) is 11.8 Å². The Labute approximate surface area is 224 Å². The van der Waals surface area contributed by atoms with Crippen molar-refractivity contribution in [2.24, 2.45) is 0 Å². The molecule has 196 valence electrons. The Morgan fingerprint density at radius 3 is 2.34 bits per heavy atom. The normalized spacial score (nSPS) is 14.1. The molecule has 0 unspecified atom stereocenters. The first-order valence-electron chi connectivity index (χ1n) is 12.8. The average molecular weight is 511 g/mol. The van der Waals surface area contributed by atoms with E-state index in [0.717, 1.165) is 29.5 Å². The zero-order valence-corrected chi connectivity index (χ0v) is 22.1. The Kier molecular flexibility index (Phi) is 8.58. The first kappa shape index (κ1) is 26.7. The molecule has 0 spiro atoms. The van der Waals surface area contributed by atoms with E-state index in [9.17, 15) is 9.59 Å². The third kappa shape index (κ3) is 6.11. The number of likely N-dealkylation sites (tertiary alicyclic amines) is 1. The maximum absolute atomic E-state index is 13.3. The quantitative estimate of drug-likeness (QED) is 0.350. The van der Waals surface area contributed by atoms with Gasteiger partial charge < -0.3 is 25.7 Å². The molecular formula is C31H34N4O3. The average Bonchev–Trinajstić information content (AvgIpc) is 2.97. The number of carbonyl (C=O) groups excluding carboxylic acids is 2. The maximum Gasteiger partial charge on any atom is 0.255 e. The Hall–Kier alpha value is -4.39. The van der Waals surface area contributed by atoms with Gasteiger partial charge in [-0.3, -0.25) is 9.59 Å². The van der Waals surface area contributed by atoms with Crippen LogP contribution in [0.1, 0.15) is 56.2 Å². The van der Waals surface area contributed by atoms with Crippen LogP contribution in [0.25, 0.3) is 5.57 Å². The summed E-state index contributed by atoms with van der Waals surface area (Å²) in [4.78, 5) is 28.0. The Morgan fingerprint density at radius 1 is 0.974 bits per heavy atom. The summed E-state index contributed by atoms with van der Waals surface area (Å²) in [7, 11) is 3.39. The Bertz CT molecular complexity index is 1340. The molecule has 0 bridgehead atoms. The van der Waals surface area contributed by atoms with E-state index in [0.29, 0.717) is 41.6 Å². The van der Waals surface area contributed by atoms with E-state index < -0.39 is 0 Å². The van der Waals surface area contributed by atoms with E-state index in [1.54, 1.807) is 37.4 Å². The van der Waals surface area contributed by atoms with Crippen molar-refractivity contribution in [3.8, 4) is 5.75 Å². The largest absolute Gasteiger partial charge is 0.497 e. The third-order valence-corrected chi connectivity index (χ3v) is 7.02. The molecule has 1 fully saturated rings. The molecule has 1 aliphatic heterocycles. The predicted octanol–water partition coefficient (Wildman–Crippen LogP) is 5.49. The zero-order valence-electron chi connectivity index (χ0n) is 22.1. The van der Waals surface area contributed by atoms with E-state index in [4.69, 9.17) is 10.1 Å². The second-order valence-corrected chi connectivity index (χ2v) is 9.44. The predicted molar refractivity (Wildman–Crippen MR) is 152 cm³/mol. The number of nitrogens with zero attached hydrogens (tertiary/aromatic N) is 1. The van der Waals surface area contributed by atoms with Crippen molar-refractivity contribution in [1.82, 2.24) is 10.2 Å². The van der Waals surface area contributed by atoms with Gasteiger partial charge >= 0.3 is 0 Å². The van der Waals surface area contributed by atoms with Crippen molar-refractivity contribution in [3.05, 3.63) is 101 Å². The lowest BCUT2D eigenvalue weighted by Crippen LogP contribution is -2.38. The summed E-state index contributed by atoms with van der Waals surface area (Å²) in [5, 5.41) is 13.5. The van der Waals surface area contributed by atoms with Gasteiger partial charge in [0.25, 0.3) is 11.8 Å². The maximum atomic E-state index is 13.3. The van der Waals surface area contributed by atoms with Gasteiger partial charge in [0, 0.05) is 54.9 Å². The standard InChI is InChI=1S/C31H34N4O3/c1-21-7-8-26(18-29(21)34-30(36)25-5-4-6-28(17-25)38-3)31(37)35-15-13-24(14-16-35)22-9-11-23(12-10-22)27(19-32)20-33-2/h4-12,17-20,24,32-33H,13-16H2,1-3H3,(H,34,36)/b27-20+,32-19?. The fraction of sp³-hybridized carbons (Fsp3) is 0.258. The summed E-state index contributed by atoms with van der Waals surface area (Å²) in [5.74, 6) is 0.723. The molecule has 3 aromatic rings. The fourth-order valence-electron chi connectivity index (χ4n) is 4.76. The minimum Gasteiger partial charge on any atom is -0.497 e. The first-order valence-corrected chi connectivity index (χ1v) is 12.8. The summed E-state index contributed by atoms with van der Waals surface area (Å²) >= 11 is 0. The van der Waals surface area contributed by atoms with Crippen LogP contribution in [0.15, 0.2) is 72.9 Å². The number of ether oxygens (including phenoxy) is 1. The van der Waals surface area contributed by atoms with Crippen LogP contribution >= 0.6 is 0 Å². The summed E-state index contributed by atoms with van der Waals surface area (Å²) in [6.45, 7) is 3.26. The van der Waals surface area contributed by atoms with E-state index in [1.807, 2.05) is 37.2 Å². The molecule has 0 radical (unpaired) electrons. The van der Waals surface area contributed by atoms with Gasteiger partial charge in [-0.1, -0.05) is 36.4 Å². The number of aryl methyl sites for hydroxylation is 1. The smallest absolute Gasteiger partial charge is 0.255 e. The molecule has 3 aromatic carbocycles. The molecule has 1 saturated heterocycles. The number of piperidine rings is 1. The molecule has 2 amide bonds. The van der Waals surface area contributed by atoms with Crippen LogP contribution in [0.5, 0.6) is 5.75 Å². The third-order valence-electron chi connectivity index (χ3n) is 7.02. The van der Waals surface area contributed by atoms with E-state index in [2.05, 4.69) is 34.9 Å². The molecule has 0 atom stereocenters. The SMILES string of the molecule is CN/C=C(\C=N)c1ccc(C2CCN(C(=O)c3ccc(C)c(NC(=O)c4cccc(OC)c4)c3)CC2)cc1. The number of amides is 2. The van der Waals surface area contributed by atoms with Crippen LogP contribution < -0.4 is 15.4 Å². The molecule has 7 heteroatoms. The summed E-state index contributed by atoms with van der Waals surface area (Å²) < 4.78 is 5.22. The molecule has 0 aromatic heterocycles. The molecule has 1 heterocycles. The summed E-state index contributed by atoms with van der Waals surface area (Å²) in [6, 6.07) is 20.8. The van der Waals surface area contributed by atoms with Gasteiger partial charge in [-0.05, 0) is 72.7 Å². The highest BCUT2D eigenvalue weighted by Gasteiger charge is 2.25. The van der Waals surface area contributed by atoms with Crippen LogP contribution in [0.2, 0.25) is 0 Å². The second-order valence-electron chi connectivity index (χ2n) is 9.44. The molecule has 7 nitrogen and oxygen atoms in total. The number of benzene rings is 3. The van der Waals surface area contributed by atoms with Gasteiger partial charge in [-0.2, -0.15) is 0 Å². The highest BCUT2D eigenvalue weighted by molar-refractivity contribution is 6.08. The molecular weight excluding hydrogens is 476 g/mol. The van der Waals surface area contributed by atoms with Crippen molar-refractivity contribution >= 4 is 29.3 Å². The molecule has 3 N–H and O–H groups in total. The van der Waals surface area contributed by atoms with E-state index >= 15 is 0 Å². The number of nitrogens with one attached hydrogen (secondary N) is 3. The second kappa shape index (κ2) is 12.2. The van der Waals surface area contributed by atoms with Gasteiger partial charge in [-0.25, -0.2) is 0 Å². The van der Waals surface area contributed by atoms with Gasteiger partial charge in [-0.15, -0.1) is 0 Å². The minimum absolute atomic E-state index is 0.0245. The van der Waals surface area contributed by atoms with E-state index in [-0.39, 0.29) is 11.8 Å².